The van der Waals surface area contributed by atoms with Crippen LogP contribution in [0.4, 0.5) is 5.82 Å². The van der Waals surface area contributed by atoms with Crippen molar-refractivity contribution < 1.29 is 4.74 Å². The molecule has 1 aromatic rings. The highest BCUT2D eigenvalue weighted by atomic mass is 16.5. The lowest BCUT2D eigenvalue weighted by atomic mass is 9.85. The van der Waals surface area contributed by atoms with Gasteiger partial charge < -0.3 is 10.1 Å². The second-order valence-corrected chi connectivity index (χ2v) is 7.02. The Hall–Kier alpha value is -1.32. The molecule has 2 rings (SSSR count). The predicted molar refractivity (Wildman–Crippen MR) is 86.9 cm³/mol. The van der Waals surface area contributed by atoms with Gasteiger partial charge in [0.1, 0.15) is 17.7 Å². The molecule has 1 aromatic heterocycles. The SMILES string of the molecule is CCC1CCCCC1Oc1cc(NC)nc(C(C)(C)C)n1. The van der Waals surface area contributed by atoms with Crippen LogP contribution < -0.4 is 10.1 Å². The summed E-state index contributed by atoms with van der Waals surface area (Å²) in [6.07, 6.45) is 6.49. The van der Waals surface area contributed by atoms with Crippen LogP contribution >= 0.6 is 0 Å². The summed E-state index contributed by atoms with van der Waals surface area (Å²) in [6, 6.07) is 1.91. The van der Waals surface area contributed by atoms with E-state index in [-0.39, 0.29) is 5.41 Å². The minimum atomic E-state index is -0.0817. The van der Waals surface area contributed by atoms with Gasteiger partial charge in [-0.25, -0.2) is 4.98 Å². The average Bonchev–Trinajstić information content (AvgIpc) is 2.46. The van der Waals surface area contributed by atoms with Crippen molar-refractivity contribution in [1.82, 2.24) is 9.97 Å². The van der Waals surface area contributed by atoms with Crippen LogP contribution in [0.1, 0.15) is 65.6 Å². The van der Waals surface area contributed by atoms with E-state index in [1.165, 1.54) is 25.7 Å². The molecule has 0 aliphatic heterocycles. The second-order valence-electron chi connectivity index (χ2n) is 7.02. The molecule has 0 bridgehead atoms. The van der Waals surface area contributed by atoms with Crippen LogP contribution in [0.25, 0.3) is 0 Å². The Bertz CT molecular complexity index is 468. The van der Waals surface area contributed by atoms with Gasteiger partial charge in [0.25, 0.3) is 0 Å². The lowest BCUT2D eigenvalue weighted by Gasteiger charge is -2.31. The third-order valence-electron chi connectivity index (χ3n) is 4.27. The number of nitrogens with one attached hydrogen (secondary N) is 1. The number of anilines is 1. The summed E-state index contributed by atoms with van der Waals surface area (Å²) in [6.45, 7) is 8.63. The smallest absolute Gasteiger partial charge is 0.219 e. The monoisotopic (exact) mass is 291 g/mol. The summed E-state index contributed by atoms with van der Waals surface area (Å²) in [5.74, 6) is 3.02. The first-order valence-corrected chi connectivity index (χ1v) is 8.18. The third-order valence-corrected chi connectivity index (χ3v) is 4.27. The van der Waals surface area contributed by atoms with E-state index in [2.05, 4.69) is 43.0 Å². The highest BCUT2D eigenvalue weighted by Gasteiger charge is 2.27. The van der Waals surface area contributed by atoms with Crippen LogP contribution in [0.3, 0.4) is 0 Å². The molecule has 0 amide bonds. The van der Waals surface area contributed by atoms with E-state index < -0.39 is 0 Å². The van der Waals surface area contributed by atoms with Crippen LogP contribution in [0, 0.1) is 5.92 Å². The molecule has 0 aromatic carbocycles. The van der Waals surface area contributed by atoms with Crippen molar-refractivity contribution in [2.24, 2.45) is 5.92 Å². The minimum Gasteiger partial charge on any atom is -0.474 e. The summed E-state index contributed by atoms with van der Waals surface area (Å²) in [4.78, 5) is 9.20. The van der Waals surface area contributed by atoms with Crippen molar-refractivity contribution in [3.05, 3.63) is 11.9 Å². The highest BCUT2D eigenvalue weighted by Crippen LogP contribution is 2.31. The summed E-state index contributed by atoms with van der Waals surface area (Å²) in [5.41, 5.74) is -0.0817. The molecule has 1 N–H and O–H groups in total. The minimum absolute atomic E-state index is 0.0817. The molecular weight excluding hydrogens is 262 g/mol. The standard InChI is InChI=1S/C17H29N3O/c1-6-12-9-7-8-10-13(12)21-15-11-14(18-5)19-16(20-15)17(2,3)4/h11-13H,6-10H2,1-5H3,(H,18,19,20). The van der Waals surface area contributed by atoms with Gasteiger partial charge in [0.05, 0.1) is 0 Å². The lowest BCUT2D eigenvalue weighted by molar-refractivity contribution is 0.0853. The molecule has 0 spiro atoms. The van der Waals surface area contributed by atoms with E-state index in [4.69, 9.17) is 4.74 Å². The van der Waals surface area contributed by atoms with Crippen molar-refractivity contribution >= 4 is 5.82 Å². The molecule has 4 heteroatoms. The van der Waals surface area contributed by atoms with Gasteiger partial charge in [-0.1, -0.05) is 34.1 Å². The first-order valence-electron chi connectivity index (χ1n) is 8.18. The summed E-state index contributed by atoms with van der Waals surface area (Å²) in [5, 5.41) is 3.11. The fourth-order valence-corrected chi connectivity index (χ4v) is 2.90. The van der Waals surface area contributed by atoms with Crippen LogP contribution in [0.2, 0.25) is 0 Å². The average molecular weight is 291 g/mol. The Labute approximate surface area is 128 Å². The van der Waals surface area contributed by atoms with Gasteiger partial charge in [0.15, 0.2) is 0 Å². The van der Waals surface area contributed by atoms with E-state index in [0.717, 1.165) is 18.1 Å². The predicted octanol–water partition coefficient (Wildman–Crippen LogP) is 4.16. The number of hydrogen-bond donors (Lipinski definition) is 1. The Morgan fingerprint density at radius 1 is 1.24 bits per heavy atom. The van der Waals surface area contributed by atoms with E-state index in [1.54, 1.807) is 0 Å². The molecule has 1 saturated carbocycles. The Morgan fingerprint density at radius 2 is 1.95 bits per heavy atom. The molecular formula is C17H29N3O. The van der Waals surface area contributed by atoms with Gasteiger partial charge >= 0.3 is 0 Å². The van der Waals surface area contributed by atoms with Crippen LogP contribution in [0.5, 0.6) is 5.88 Å². The number of rotatable bonds is 4. The normalized spacial score (nSPS) is 22.9. The first kappa shape index (κ1) is 16.1. The summed E-state index contributed by atoms with van der Waals surface area (Å²) < 4.78 is 6.25. The van der Waals surface area contributed by atoms with Crippen LogP contribution in [-0.4, -0.2) is 23.1 Å². The number of hydrogen-bond acceptors (Lipinski definition) is 4. The largest absolute Gasteiger partial charge is 0.474 e. The van der Waals surface area contributed by atoms with Gasteiger partial charge in [-0.2, -0.15) is 4.98 Å². The molecule has 21 heavy (non-hydrogen) atoms. The van der Waals surface area contributed by atoms with E-state index >= 15 is 0 Å². The van der Waals surface area contributed by atoms with E-state index in [9.17, 15) is 0 Å². The molecule has 0 saturated heterocycles. The number of ether oxygens (including phenoxy) is 1. The van der Waals surface area contributed by atoms with Gasteiger partial charge in [-0.05, 0) is 31.6 Å². The van der Waals surface area contributed by atoms with Crippen LogP contribution in [-0.2, 0) is 5.41 Å². The maximum Gasteiger partial charge on any atom is 0.219 e. The van der Waals surface area contributed by atoms with E-state index in [1.807, 2.05) is 13.1 Å². The van der Waals surface area contributed by atoms with Gasteiger partial charge in [-0.3, -0.25) is 0 Å². The molecule has 1 aliphatic carbocycles. The van der Waals surface area contributed by atoms with Crippen molar-refractivity contribution in [2.45, 2.75) is 71.3 Å². The second kappa shape index (κ2) is 6.63. The zero-order chi connectivity index (χ0) is 15.5. The molecule has 1 fully saturated rings. The number of aromatic nitrogens is 2. The lowest BCUT2D eigenvalue weighted by Crippen LogP contribution is -2.30. The molecule has 2 unspecified atom stereocenters. The third kappa shape index (κ3) is 4.08. The zero-order valence-electron chi connectivity index (χ0n) is 14.1. The van der Waals surface area contributed by atoms with E-state index in [0.29, 0.717) is 17.9 Å². The first-order chi connectivity index (χ1) is 9.94. The molecule has 1 heterocycles. The summed E-state index contributed by atoms with van der Waals surface area (Å²) >= 11 is 0. The fraction of sp³-hybridized carbons (Fsp3) is 0.765. The fourth-order valence-electron chi connectivity index (χ4n) is 2.90. The van der Waals surface area contributed by atoms with Gasteiger partial charge in [-0.15, -0.1) is 0 Å². The molecule has 2 atom stereocenters. The van der Waals surface area contributed by atoms with Crippen molar-refractivity contribution in [2.75, 3.05) is 12.4 Å². The van der Waals surface area contributed by atoms with Crippen LogP contribution in [0.15, 0.2) is 6.07 Å². The van der Waals surface area contributed by atoms with Crippen molar-refractivity contribution in [3.63, 3.8) is 0 Å². The van der Waals surface area contributed by atoms with Crippen molar-refractivity contribution in [1.29, 1.82) is 0 Å². The summed E-state index contributed by atoms with van der Waals surface area (Å²) in [7, 11) is 1.88. The molecule has 1 aliphatic rings. The maximum absolute atomic E-state index is 6.25. The molecule has 4 nitrogen and oxygen atoms in total. The Morgan fingerprint density at radius 3 is 2.57 bits per heavy atom. The zero-order valence-corrected chi connectivity index (χ0v) is 14.1. The Kier molecular flexibility index (Phi) is 5.07. The molecule has 0 radical (unpaired) electrons. The van der Waals surface area contributed by atoms with Gasteiger partial charge in [0.2, 0.25) is 5.88 Å². The molecule has 118 valence electrons. The quantitative estimate of drug-likeness (QED) is 0.904. The Balaban J connectivity index is 2.22. The number of nitrogens with zero attached hydrogens (tertiary/aromatic N) is 2. The van der Waals surface area contributed by atoms with Gasteiger partial charge in [0, 0.05) is 18.5 Å². The van der Waals surface area contributed by atoms with Crippen molar-refractivity contribution in [3.8, 4) is 5.88 Å². The highest BCUT2D eigenvalue weighted by molar-refractivity contribution is 5.38. The topological polar surface area (TPSA) is 47.0 Å². The maximum atomic E-state index is 6.25.